The predicted octanol–water partition coefficient (Wildman–Crippen LogP) is 4.19. The molecule has 0 saturated heterocycles. The summed E-state index contributed by atoms with van der Waals surface area (Å²) in [5.74, 6) is -1.25. The molecule has 1 N–H and O–H groups in total. The summed E-state index contributed by atoms with van der Waals surface area (Å²) in [6.07, 6.45) is 5.17. The molecule has 3 aromatic rings. The molecule has 1 aromatic carbocycles. The molecule has 0 amide bonds. The second-order valence-corrected chi connectivity index (χ2v) is 6.09. The molecule has 0 spiro atoms. The van der Waals surface area contributed by atoms with Gasteiger partial charge in [-0.2, -0.15) is 0 Å². The minimum Gasteiger partial charge on any atom is -0.384 e. The number of aryl methyl sites for hydroxylation is 1. The Morgan fingerprint density at radius 3 is 2.86 bits per heavy atom. The average Bonchev–Trinajstić information content (AvgIpc) is 2.96. The van der Waals surface area contributed by atoms with Gasteiger partial charge in [0.1, 0.15) is 11.3 Å². The van der Waals surface area contributed by atoms with Gasteiger partial charge < -0.3 is 5.32 Å². The molecular weight excluding hydrogens is 304 g/mol. The van der Waals surface area contributed by atoms with Crippen LogP contribution in [0.3, 0.4) is 0 Å². The van der Waals surface area contributed by atoms with Crippen LogP contribution in [-0.4, -0.2) is 16.5 Å². The minimum atomic E-state index is -0.647. The van der Waals surface area contributed by atoms with Crippen LogP contribution in [0.1, 0.15) is 16.8 Å². The van der Waals surface area contributed by atoms with Crippen molar-refractivity contribution in [3.05, 3.63) is 52.1 Å². The van der Waals surface area contributed by atoms with Gasteiger partial charge in [-0.25, -0.2) is 13.8 Å². The number of nitrogens with zero attached hydrogens (tertiary/aromatic N) is 2. The van der Waals surface area contributed by atoms with Crippen molar-refractivity contribution in [2.45, 2.75) is 19.8 Å². The molecule has 0 saturated carbocycles. The van der Waals surface area contributed by atoms with Gasteiger partial charge in [0.05, 0.1) is 5.01 Å². The number of benzene rings is 1. The zero-order valence-corrected chi connectivity index (χ0v) is 12.9. The van der Waals surface area contributed by atoms with Crippen LogP contribution in [0, 0.1) is 11.6 Å². The fraction of sp³-hybridized carbons (Fsp3) is 0.250. The Kier molecular flexibility index (Phi) is 4.29. The molecule has 0 radical (unpaired) electrons. The third-order valence-electron chi connectivity index (χ3n) is 3.37. The molecule has 0 aliphatic rings. The summed E-state index contributed by atoms with van der Waals surface area (Å²) >= 11 is 1.69. The molecule has 0 fully saturated rings. The van der Waals surface area contributed by atoms with Gasteiger partial charge in [0, 0.05) is 47.4 Å². The van der Waals surface area contributed by atoms with Crippen LogP contribution in [0.4, 0.5) is 14.5 Å². The topological polar surface area (TPSA) is 37.8 Å². The second kappa shape index (κ2) is 6.36. The zero-order valence-electron chi connectivity index (χ0n) is 12.1. The maximum absolute atomic E-state index is 13.7. The SMILES string of the molecule is CCc1cnc(CCNc2ccnc3c(F)cc(F)cc23)s1. The number of halogens is 2. The van der Waals surface area contributed by atoms with Gasteiger partial charge in [0.2, 0.25) is 0 Å². The molecule has 0 unspecified atom stereocenters. The molecular formula is C16H15F2N3S. The molecule has 114 valence electrons. The summed E-state index contributed by atoms with van der Waals surface area (Å²) in [7, 11) is 0. The first-order chi connectivity index (χ1) is 10.7. The van der Waals surface area contributed by atoms with E-state index in [1.54, 1.807) is 17.4 Å². The van der Waals surface area contributed by atoms with Gasteiger partial charge in [-0.05, 0) is 18.6 Å². The van der Waals surface area contributed by atoms with Crippen LogP contribution in [0.15, 0.2) is 30.6 Å². The second-order valence-electron chi connectivity index (χ2n) is 4.89. The van der Waals surface area contributed by atoms with E-state index in [1.165, 1.54) is 17.1 Å². The molecule has 3 nitrogen and oxygen atoms in total. The van der Waals surface area contributed by atoms with Crippen molar-refractivity contribution in [2.24, 2.45) is 0 Å². The van der Waals surface area contributed by atoms with Crippen molar-refractivity contribution in [3.8, 4) is 0 Å². The Labute approximate surface area is 131 Å². The first-order valence-electron chi connectivity index (χ1n) is 7.08. The highest BCUT2D eigenvalue weighted by Crippen LogP contribution is 2.25. The highest BCUT2D eigenvalue weighted by molar-refractivity contribution is 7.11. The van der Waals surface area contributed by atoms with Crippen LogP contribution in [0.25, 0.3) is 10.9 Å². The van der Waals surface area contributed by atoms with Crippen molar-refractivity contribution in [1.82, 2.24) is 9.97 Å². The normalized spacial score (nSPS) is 11.0. The highest BCUT2D eigenvalue weighted by Gasteiger charge is 2.09. The predicted molar refractivity (Wildman–Crippen MR) is 85.3 cm³/mol. The molecule has 2 aromatic heterocycles. The number of hydrogen-bond donors (Lipinski definition) is 1. The van der Waals surface area contributed by atoms with Crippen molar-refractivity contribution in [3.63, 3.8) is 0 Å². The van der Waals surface area contributed by atoms with E-state index in [0.29, 0.717) is 17.6 Å². The summed E-state index contributed by atoms with van der Waals surface area (Å²) in [4.78, 5) is 9.58. The van der Waals surface area contributed by atoms with Gasteiger partial charge in [-0.3, -0.25) is 4.98 Å². The van der Waals surface area contributed by atoms with E-state index in [2.05, 4.69) is 22.2 Å². The summed E-state index contributed by atoms with van der Waals surface area (Å²) in [5.41, 5.74) is 0.851. The summed E-state index contributed by atoms with van der Waals surface area (Å²) in [6, 6.07) is 3.87. The molecule has 0 bridgehead atoms. The Morgan fingerprint density at radius 1 is 1.23 bits per heavy atom. The number of pyridine rings is 1. The van der Waals surface area contributed by atoms with Crippen LogP contribution < -0.4 is 5.32 Å². The van der Waals surface area contributed by atoms with Crippen LogP contribution in [0.5, 0.6) is 0 Å². The fourth-order valence-corrected chi connectivity index (χ4v) is 3.13. The van der Waals surface area contributed by atoms with Crippen molar-refractivity contribution >= 4 is 27.9 Å². The molecule has 2 heterocycles. The largest absolute Gasteiger partial charge is 0.384 e. The summed E-state index contributed by atoms with van der Waals surface area (Å²) < 4.78 is 27.1. The van der Waals surface area contributed by atoms with Gasteiger partial charge in [-0.1, -0.05) is 6.92 Å². The Morgan fingerprint density at radius 2 is 2.09 bits per heavy atom. The van der Waals surface area contributed by atoms with E-state index < -0.39 is 11.6 Å². The van der Waals surface area contributed by atoms with Gasteiger partial charge in [0.15, 0.2) is 5.82 Å². The van der Waals surface area contributed by atoms with E-state index in [-0.39, 0.29) is 5.52 Å². The lowest BCUT2D eigenvalue weighted by Crippen LogP contribution is -2.05. The van der Waals surface area contributed by atoms with Crippen molar-refractivity contribution in [1.29, 1.82) is 0 Å². The summed E-state index contributed by atoms with van der Waals surface area (Å²) in [5, 5.41) is 4.72. The van der Waals surface area contributed by atoms with Gasteiger partial charge in [-0.15, -0.1) is 11.3 Å². The third-order valence-corrected chi connectivity index (χ3v) is 4.57. The standard InChI is InChI=1S/C16H15F2N3S/c1-2-11-9-21-15(22-11)4-6-19-14-3-5-20-16-12(14)7-10(17)8-13(16)18/h3,5,7-9H,2,4,6H2,1H3,(H,19,20). The lowest BCUT2D eigenvalue weighted by Gasteiger charge is -2.09. The monoisotopic (exact) mass is 319 g/mol. The average molecular weight is 319 g/mol. The van der Waals surface area contributed by atoms with Gasteiger partial charge >= 0.3 is 0 Å². The lowest BCUT2D eigenvalue weighted by molar-refractivity contribution is 0.590. The number of hydrogen-bond acceptors (Lipinski definition) is 4. The summed E-state index contributed by atoms with van der Waals surface area (Å²) in [6.45, 7) is 2.75. The molecule has 22 heavy (non-hydrogen) atoms. The fourth-order valence-electron chi connectivity index (χ4n) is 2.26. The first kappa shape index (κ1) is 14.8. The molecule has 3 rings (SSSR count). The van der Waals surface area contributed by atoms with E-state index in [4.69, 9.17) is 0 Å². The number of fused-ring (bicyclic) bond motifs is 1. The van der Waals surface area contributed by atoms with Crippen molar-refractivity contribution in [2.75, 3.05) is 11.9 Å². The maximum Gasteiger partial charge on any atom is 0.152 e. The van der Waals surface area contributed by atoms with Crippen LogP contribution in [0.2, 0.25) is 0 Å². The van der Waals surface area contributed by atoms with E-state index in [1.807, 2.05) is 6.20 Å². The molecule has 0 aliphatic carbocycles. The quantitative estimate of drug-likeness (QED) is 0.766. The van der Waals surface area contributed by atoms with Crippen LogP contribution >= 0.6 is 11.3 Å². The Hall–Kier alpha value is -2.08. The first-order valence-corrected chi connectivity index (χ1v) is 7.90. The number of thiazole rings is 1. The number of aromatic nitrogens is 2. The third kappa shape index (κ3) is 3.06. The Balaban J connectivity index is 1.76. The minimum absolute atomic E-state index is 0.175. The van der Waals surface area contributed by atoms with E-state index in [9.17, 15) is 8.78 Å². The van der Waals surface area contributed by atoms with Crippen LogP contribution in [-0.2, 0) is 12.8 Å². The smallest absolute Gasteiger partial charge is 0.152 e. The van der Waals surface area contributed by atoms with Crippen molar-refractivity contribution < 1.29 is 8.78 Å². The highest BCUT2D eigenvalue weighted by atomic mass is 32.1. The maximum atomic E-state index is 13.7. The Bertz CT molecular complexity index is 801. The number of nitrogens with one attached hydrogen (secondary N) is 1. The molecule has 0 atom stereocenters. The lowest BCUT2D eigenvalue weighted by atomic mass is 10.1. The van der Waals surface area contributed by atoms with E-state index >= 15 is 0 Å². The number of rotatable bonds is 5. The van der Waals surface area contributed by atoms with E-state index in [0.717, 1.165) is 23.9 Å². The zero-order chi connectivity index (χ0) is 15.5. The van der Waals surface area contributed by atoms with Gasteiger partial charge in [0.25, 0.3) is 0 Å². The molecule has 6 heteroatoms. The molecule has 0 aliphatic heterocycles. The number of anilines is 1.